The standard InChI is InChI=1S/C28H37NO4/c1-27(2,3)33-26(31)25(18-28(32-22-30)16-10-11-17-28)21-29(19-23-12-6-4-7-13-23)20-24-14-8-5-9-15-24/h4-9,12-15,22,25H,10-11,16-21H2,1-3H3. The summed E-state index contributed by atoms with van der Waals surface area (Å²) >= 11 is 0. The Morgan fingerprint density at radius 3 is 1.94 bits per heavy atom. The van der Waals surface area contributed by atoms with Crippen molar-refractivity contribution in [2.45, 2.75) is 77.2 Å². The fraction of sp³-hybridized carbons (Fsp3) is 0.500. The van der Waals surface area contributed by atoms with Crippen LogP contribution in [-0.4, -0.2) is 35.1 Å². The van der Waals surface area contributed by atoms with Crippen LogP contribution >= 0.6 is 0 Å². The number of carbonyl (C=O) groups is 2. The van der Waals surface area contributed by atoms with E-state index in [0.717, 1.165) is 38.8 Å². The molecule has 1 unspecified atom stereocenters. The van der Waals surface area contributed by atoms with Crippen molar-refractivity contribution in [1.29, 1.82) is 0 Å². The molecule has 0 saturated heterocycles. The first kappa shape index (κ1) is 25.0. The van der Waals surface area contributed by atoms with E-state index in [-0.39, 0.29) is 5.97 Å². The lowest BCUT2D eigenvalue weighted by atomic mass is 9.88. The summed E-state index contributed by atoms with van der Waals surface area (Å²) in [7, 11) is 0. The first-order valence-electron chi connectivity index (χ1n) is 11.9. The molecule has 0 aromatic heterocycles. The number of nitrogens with zero attached hydrogens (tertiary/aromatic N) is 1. The largest absolute Gasteiger partial charge is 0.461 e. The Morgan fingerprint density at radius 1 is 0.970 bits per heavy atom. The van der Waals surface area contributed by atoms with Gasteiger partial charge in [0.1, 0.15) is 11.2 Å². The second-order valence-electron chi connectivity index (χ2n) is 10.2. The average molecular weight is 452 g/mol. The van der Waals surface area contributed by atoms with Crippen LogP contribution in [0.2, 0.25) is 0 Å². The molecular weight excluding hydrogens is 414 g/mol. The van der Waals surface area contributed by atoms with E-state index >= 15 is 0 Å². The summed E-state index contributed by atoms with van der Waals surface area (Å²) in [5.74, 6) is -0.621. The van der Waals surface area contributed by atoms with Crippen LogP contribution in [0.3, 0.4) is 0 Å². The fourth-order valence-electron chi connectivity index (χ4n) is 4.73. The summed E-state index contributed by atoms with van der Waals surface area (Å²) in [5, 5.41) is 0. The Hall–Kier alpha value is -2.66. The molecule has 0 radical (unpaired) electrons. The summed E-state index contributed by atoms with van der Waals surface area (Å²) in [4.78, 5) is 26.9. The second kappa shape index (κ2) is 11.5. The Morgan fingerprint density at radius 2 is 1.48 bits per heavy atom. The Bertz CT molecular complexity index is 828. The van der Waals surface area contributed by atoms with Crippen molar-refractivity contribution in [1.82, 2.24) is 4.90 Å². The van der Waals surface area contributed by atoms with Gasteiger partial charge < -0.3 is 9.47 Å². The van der Waals surface area contributed by atoms with Crippen LogP contribution in [0, 0.1) is 5.92 Å². The number of benzene rings is 2. The van der Waals surface area contributed by atoms with Crippen molar-refractivity contribution >= 4 is 12.4 Å². The summed E-state index contributed by atoms with van der Waals surface area (Å²) in [6, 6.07) is 20.6. The van der Waals surface area contributed by atoms with E-state index in [9.17, 15) is 9.59 Å². The number of hydrogen-bond donors (Lipinski definition) is 0. The Kier molecular flexibility index (Phi) is 8.67. The highest BCUT2D eigenvalue weighted by Gasteiger charge is 2.41. The van der Waals surface area contributed by atoms with Gasteiger partial charge in [-0.15, -0.1) is 0 Å². The van der Waals surface area contributed by atoms with Crippen LogP contribution < -0.4 is 0 Å². The molecule has 0 N–H and O–H groups in total. The molecule has 2 aromatic carbocycles. The number of ether oxygens (including phenoxy) is 2. The van der Waals surface area contributed by atoms with Crippen LogP contribution in [0.1, 0.15) is 64.0 Å². The minimum absolute atomic E-state index is 0.227. The molecule has 0 spiro atoms. The maximum absolute atomic E-state index is 13.3. The van der Waals surface area contributed by atoms with Gasteiger partial charge in [0.2, 0.25) is 0 Å². The van der Waals surface area contributed by atoms with Gasteiger partial charge in [0.25, 0.3) is 6.47 Å². The smallest absolute Gasteiger partial charge is 0.310 e. The highest BCUT2D eigenvalue weighted by atomic mass is 16.6. The summed E-state index contributed by atoms with van der Waals surface area (Å²) in [6.07, 6.45) is 4.09. The van der Waals surface area contributed by atoms with E-state index in [1.807, 2.05) is 57.2 Å². The highest BCUT2D eigenvalue weighted by Crippen LogP contribution is 2.39. The molecule has 0 bridgehead atoms. The molecule has 3 rings (SSSR count). The normalized spacial score (nSPS) is 16.4. The van der Waals surface area contributed by atoms with Crippen LogP contribution in [0.5, 0.6) is 0 Å². The summed E-state index contributed by atoms with van der Waals surface area (Å²) in [6.45, 7) is 8.18. The van der Waals surface area contributed by atoms with E-state index in [4.69, 9.17) is 9.47 Å². The minimum atomic E-state index is -0.576. The van der Waals surface area contributed by atoms with Crippen LogP contribution in [0.25, 0.3) is 0 Å². The maximum Gasteiger partial charge on any atom is 0.310 e. The molecule has 1 saturated carbocycles. The fourth-order valence-corrected chi connectivity index (χ4v) is 4.73. The van der Waals surface area contributed by atoms with Crippen molar-refractivity contribution in [3.63, 3.8) is 0 Å². The molecule has 2 aromatic rings. The Labute approximate surface area is 198 Å². The van der Waals surface area contributed by atoms with Gasteiger partial charge in [-0.25, -0.2) is 0 Å². The molecule has 5 nitrogen and oxygen atoms in total. The highest BCUT2D eigenvalue weighted by molar-refractivity contribution is 5.73. The molecule has 0 aliphatic heterocycles. The first-order valence-corrected chi connectivity index (χ1v) is 11.9. The zero-order chi connectivity index (χ0) is 23.7. The van der Waals surface area contributed by atoms with Crippen molar-refractivity contribution in [3.8, 4) is 0 Å². The molecule has 1 aliphatic rings. The van der Waals surface area contributed by atoms with Crippen LogP contribution in [0.15, 0.2) is 60.7 Å². The van der Waals surface area contributed by atoms with Gasteiger partial charge >= 0.3 is 5.97 Å². The van der Waals surface area contributed by atoms with E-state index in [0.29, 0.717) is 19.4 Å². The van der Waals surface area contributed by atoms with Gasteiger partial charge in [-0.3, -0.25) is 14.5 Å². The molecule has 1 fully saturated rings. The van der Waals surface area contributed by atoms with Crippen molar-refractivity contribution in [2.24, 2.45) is 5.92 Å². The van der Waals surface area contributed by atoms with Gasteiger partial charge in [0, 0.05) is 26.1 Å². The topological polar surface area (TPSA) is 55.8 Å². The molecule has 0 heterocycles. The number of esters is 1. The van der Waals surface area contributed by atoms with Crippen LogP contribution in [-0.2, 0) is 32.2 Å². The maximum atomic E-state index is 13.3. The summed E-state index contributed by atoms with van der Waals surface area (Å²) in [5.41, 5.74) is 1.23. The average Bonchev–Trinajstić information content (AvgIpc) is 3.22. The van der Waals surface area contributed by atoms with Gasteiger partial charge in [0.15, 0.2) is 0 Å². The van der Waals surface area contributed by atoms with Crippen LogP contribution in [0.4, 0.5) is 0 Å². The molecule has 5 heteroatoms. The second-order valence-corrected chi connectivity index (χ2v) is 10.2. The van der Waals surface area contributed by atoms with Crippen molar-refractivity contribution < 1.29 is 19.1 Å². The predicted molar refractivity (Wildman–Crippen MR) is 129 cm³/mol. The lowest BCUT2D eigenvalue weighted by molar-refractivity contribution is -0.166. The third-order valence-electron chi connectivity index (χ3n) is 6.15. The first-order chi connectivity index (χ1) is 15.8. The number of rotatable bonds is 11. The zero-order valence-electron chi connectivity index (χ0n) is 20.2. The third kappa shape index (κ3) is 8.01. The molecule has 0 amide bonds. The van der Waals surface area contributed by atoms with Gasteiger partial charge in [-0.05, 0) is 57.6 Å². The molecule has 1 aliphatic carbocycles. The zero-order valence-corrected chi connectivity index (χ0v) is 20.2. The van der Waals surface area contributed by atoms with E-state index in [2.05, 4.69) is 29.2 Å². The van der Waals surface area contributed by atoms with Gasteiger partial charge in [-0.2, -0.15) is 0 Å². The van der Waals surface area contributed by atoms with Gasteiger partial charge in [0.05, 0.1) is 5.92 Å². The quantitative estimate of drug-likeness (QED) is 0.332. The van der Waals surface area contributed by atoms with E-state index in [1.54, 1.807) is 0 Å². The number of carbonyl (C=O) groups excluding carboxylic acids is 2. The lowest BCUT2D eigenvalue weighted by Gasteiger charge is -2.34. The number of hydrogen-bond acceptors (Lipinski definition) is 5. The van der Waals surface area contributed by atoms with E-state index < -0.39 is 17.1 Å². The monoisotopic (exact) mass is 451 g/mol. The summed E-state index contributed by atoms with van der Waals surface area (Å²) < 4.78 is 11.4. The van der Waals surface area contributed by atoms with E-state index in [1.165, 1.54) is 11.1 Å². The SMILES string of the molecule is CC(C)(C)OC(=O)C(CN(Cc1ccccc1)Cc1ccccc1)CC1(OC=O)CCCC1. The lowest BCUT2D eigenvalue weighted by Crippen LogP contribution is -2.42. The molecule has 1 atom stereocenters. The Balaban J connectivity index is 1.85. The minimum Gasteiger partial charge on any atom is -0.461 e. The predicted octanol–water partition coefficient (Wildman–Crippen LogP) is 5.52. The van der Waals surface area contributed by atoms with Gasteiger partial charge in [-0.1, -0.05) is 60.7 Å². The molecule has 178 valence electrons. The molecule has 33 heavy (non-hydrogen) atoms. The van der Waals surface area contributed by atoms with Crippen molar-refractivity contribution in [2.75, 3.05) is 6.54 Å². The molecular formula is C28H37NO4. The van der Waals surface area contributed by atoms with Crippen molar-refractivity contribution in [3.05, 3.63) is 71.8 Å². The third-order valence-corrected chi connectivity index (χ3v) is 6.15.